The monoisotopic (exact) mass is 298 g/mol. The molecule has 0 bridgehead atoms. The molecule has 0 aliphatic carbocycles. The molecular weight excluding hydrogens is 288 g/mol. The molecule has 0 radical (unpaired) electrons. The molecule has 6 heteroatoms. The van der Waals surface area contributed by atoms with E-state index < -0.39 is 0 Å². The van der Waals surface area contributed by atoms with E-state index in [1.54, 1.807) is 12.1 Å². The van der Waals surface area contributed by atoms with Crippen molar-refractivity contribution in [3.05, 3.63) is 52.4 Å². The first-order valence-electron chi connectivity index (χ1n) is 6.54. The zero-order chi connectivity index (χ0) is 15.3. The Kier molecular flexibility index (Phi) is 2.61. The average molecular weight is 298 g/mol. The molecule has 0 saturated heterocycles. The number of hydrogen-bond donors (Lipinski definition) is 2. The Morgan fingerprint density at radius 2 is 1.86 bits per heavy atom. The van der Waals surface area contributed by atoms with Crippen molar-refractivity contribution in [1.82, 2.24) is 0 Å². The van der Waals surface area contributed by atoms with Crippen molar-refractivity contribution in [3.8, 4) is 28.4 Å². The highest BCUT2D eigenvalue weighted by molar-refractivity contribution is 5.84. The zero-order valence-electron chi connectivity index (χ0n) is 11.2. The first-order chi connectivity index (χ1) is 10.6. The number of aromatic hydroxyl groups is 2. The topological polar surface area (TPSA) is 89.1 Å². The maximum Gasteiger partial charge on any atom is 0.200 e. The van der Waals surface area contributed by atoms with Gasteiger partial charge in [0.15, 0.2) is 17.2 Å². The van der Waals surface area contributed by atoms with E-state index in [2.05, 4.69) is 0 Å². The van der Waals surface area contributed by atoms with Gasteiger partial charge in [0.2, 0.25) is 5.43 Å². The van der Waals surface area contributed by atoms with E-state index >= 15 is 0 Å². The summed E-state index contributed by atoms with van der Waals surface area (Å²) in [6.07, 6.45) is 1.32. The van der Waals surface area contributed by atoms with Crippen molar-refractivity contribution in [2.75, 3.05) is 0 Å². The Morgan fingerprint density at radius 1 is 1.05 bits per heavy atom. The number of fused-ring (bicyclic) bond motifs is 2. The Hall–Kier alpha value is -2.99. The van der Waals surface area contributed by atoms with Gasteiger partial charge in [-0.1, -0.05) is 12.1 Å². The lowest BCUT2D eigenvalue weighted by Crippen LogP contribution is -2.04. The molecular formula is C16H10O6. The molecule has 3 aromatic rings. The molecule has 4 rings (SSSR count). The molecule has 0 amide bonds. The SMILES string of the molecule is O=c1c(-c2ccc3c(c2)OOC3)coc2cc(O)c(O)cc12. The van der Waals surface area contributed by atoms with E-state index in [1.807, 2.05) is 6.07 Å². The smallest absolute Gasteiger partial charge is 0.200 e. The van der Waals surface area contributed by atoms with Crippen LogP contribution in [0.3, 0.4) is 0 Å². The molecule has 0 fully saturated rings. The van der Waals surface area contributed by atoms with E-state index in [4.69, 9.17) is 14.2 Å². The summed E-state index contributed by atoms with van der Waals surface area (Å²) in [5, 5.41) is 19.2. The molecule has 6 nitrogen and oxygen atoms in total. The molecule has 0 unspecified atom stereocenters. The van der Waals surface area contributed by atoms with Crippen LogP contribution < -0.4 is 10.3 Å². The molecule has 22 heavy (non-hydrogen) atoms. The van der Waals surface area contributed by atoms with Crippen LogP contribution in [0, 0.1) is 0 Å². The Morgan fingerprint density at radius 3 is 2.73 bits per heavy atom. The van der Waals surface area contributed by atoms with Gasteiger partial charge in [-0.2, -0.15) is 4.89 Å². The standard InChI is InChI=1S/C16H10O6/c17-12-4-10-15(5-13(12)18)20-7-11(16(10)19)8-1-2-9-6-21-22-14(9)3-8/h1-5,7,17-18H,6H2. The summed E-state index contributed by atoms with van der Waals surface area (Å²) in [7, 11) is 0. The number of hydrogen-bond acceptors (Lipinski definition) is 6. The molecule has 0 spiro atoms. The van der Waals surface area contributed by atoms with Crippen LogP contribution in [-0.2, 0) is 11.5 Å². The van der Waals surface area contributed by atoms with Gasteiger partial charge in [0.1, 0.15) is 18.5 Å². The fourth-order valence-electron chi connectivity index (χ4n) is 2.43. The largest absolute Gasteiger partial charge is 0.504 e. The Bertz CT molecular complexity index is 957. The molecule has 2 aromatic carbocycles. The molecule has 2 heterocycles. The highest BCUT2D eigenvalue weighted by Gasteiger charge is 2.17. The second kappa shape index (κ2) is 4.51. The van der Waals surface area contributed by atoms with Crippen LogP contribution in [0.25, 0.3) is 22.1 Å². The summed E-state index contributed by atoms with van der Waals surface area (Å²) in [6.45, 7) is 0.370. The van der Waals surface area contributed by atoms with Gasteiger partial charge < -0.3 is 19.5 Å². The van der Waals surface area contributed by atoms with Crippen molar-refractivity contribution in [2.45, 2.75) is 6.61 Å². The summed E-state index contributed by atoms with van der Waals surface area (Å²) in [4.78, 5) is 22.5. The third-order valence-corrected chi connectivity index (χ3v) is 3.61. The van der Waals surface area contributed by atoms with Crippen molar-refractivity contribution in [3.63, 3.8) is 0 Å². The highest BCUT2D eigenvalue weighted by atomic mass is 17.2. The van der Waals surface area contributed by atoms with Crippen LogP contribution in [0.5, 0.6) is 17.2 Å². The van der Waals surface area contributed by atoms with E-state index in [0.717, 1.165) is 5.56 Å². The van der Waals surface area contributed by atoms with Gasteiger partial charge in [0.05, 0.1) is 10.9 Å². The first kappa shape index (κ1) is 12.7. The first-order valence-corrected chi connectivity index (χ1v) is 6.54. The van der Waals surface area contributed by atoms with E-state index in [9.17, 15) is 15.0 Å². The van der Waals surface area contributed by atoms with Crippen LogP contribution in [0.1, 0.15) is 5.56 Å². The average Bonchev–Trinajstić information content (AvgIpc) is 2.97. The highest BCUT2D eigenvalue weighted by Crippen LogP contribution is 2.33. The van der Waals surface area contributed by atoms with Gasteiger partial charge in [-0.05, 0) is 17.7 Å². The summed E-state index contributed by atoms with van der Waals surface area (Å²) >= 11 is 0. The summed E-state index contributed by atoms with van der Waals surface area (Å²) < 4.78 is 5.39. The second-order valence-corrected chi connectivity index (χ2v) is 4.98. The van der Waals surface area contributed by atoms with Gasteiger partial charge in [0.25, 0.3) is 0 Å². The van der Waals surface area contributed by atoms with Gasteiger partial charge in [0, 0.05) is 11.6 Å². The van der Waals surface area contributed by atoms with E-state index in [0.29, 0.717) is 23.5 Å². The van der Waals surface area contributed by atoms with Crippen molar-refractivity contribution >= 4 is 11.0 Å². The summed E-state index contributed by atoms with van der Waals surface area (Å²) in [5.74, 6) is -0.153. The van der Waals surface area contributed by atoms with E-state index in [-0.39, 0.29) is 27.9 Å². The summed E-state index contributed by atoms with van der Waals surface area (Å²) in [5.41, 5.74) is 1.74. The van der Waals surface area contributed by atoms with Crippen LogP contribution in [0.4, 0.5) is 0 Å². The lowest BCUT2D eigenvalue weighted by atomic mass is 10.0. The third-order valence-electron chi connectivity index (χ3n) is 3.61. The molecule has 2 N–H and O–H groups in total. The molecule has 1 aliphatic rings. The predicted octanol–water partition coefficient (Wildman–Crippen LogP) is 2.70. The third kappa shape index (κ3) is 1.82. The molecule has 110 valence electrons. The van der Waals surface area contributed by atoms with Crippen LogP contribution in [-0.4, -0.2) is 10.2 Å². The van der Waals surface area contributed by atoms with Crippen molar-refractivity contribution in [2.24, 2.45) is 0 Å². The lowest BCUT2D eigenvalue weighted by Gasteiger charge is -2.05. The quantitative estimate of drug-likeness (QED) is 0.530. The fourth-order valence-corrected chi connectivity index (χ4v) is 2.43. The molecule has 0 saturated carbocycles. The normalized spacial score (nSPS) is 13.1. The number of benzene rings is 2. The zero-order valence-corrected chi connectivity index (χ0v) is 11.2. The number of phenols is 2. The lowest BCUT2D eigenvalue weighted by molar-refractivity contribution is -0.194. The van der Waals surface area contributed by atoms with Crippen molar-refractivity contribution < 1.29 is 24.4 Å². The predicted molar refractivity (Wildman–Crippen MR) is 76.7 cm³/mol. The van der Waals surface area contributed by atoms with Gasteiger partial charge in [-0.25, -0.2) is 0 Å². The maximum atomic E-state index is 12.6. The minimum atomic E-state index is -0.373. The second-order valence-electron chi connectivity index (χ2n) is 4.98. The van der Waals surface area contributed by atoms with Crippen LogP contribution >= 0.6 is 0 Å². The van der Waals surface area contributed by atoms with Crippen molar-refractivity contribution in [1.29, 1.82) is 0 Å². The van der Waals surface area contributed by atoms with Crippen LogP contribution in [0.2, 0.25) is 0 Å². The van der Waals surface area contributed by atoms with Gasteiger partial charge in [-0.15, -0.1) is 0 Å². The van der Waals surface area contributed by atoms with Crippen LogP contribution in [0.15, 0.2) is 45.8 Å². The van der Waals surface area contributed by atoms with E-state index in [1.165, 1.54) is 18.4 Å². The minimum Gasteiger partial charge on any atom is -0.504 e. The molecule has 1 aliphatic heterocycles. The Labute approximate surface area is 123 Å². The number of rotatable bonds is 1. The maximum absolute atomic E-state index is 12.6. The minimum absolute atomic E-state index is 0.186. The van der Waals surface area contributed by atoms with Gasteiger partial charge in [-0.3, -0.25) is 4.79 Å². The van der Waals surface area contributed by atoms with Gasteiger partial charge >= 0.3 is 0 Å². The molecule has 0 atom stereocenters. The summed E-state index contributed by atoms with van der Waals surface area (Å²) in [6, 6.07) is 7.67. The number of phenolic OH excluding ortho intramolecular Hbond substituents is 2. The fraction of sp³-hybridized carbons (Fsp3) is 0.0625. The molecule has 1 aromatic heterocycles. The Balaban J connectivity index is 1.94.